The highest BCUT2D eigenvalue weighted by molar-refractivity contribution is 5.74. The van der Waals surface area contributed by atoms with E-state index < -0.39 is 24.2 Å². The molecule has 0 radical (unpaired) electrons. The largest absolute Gasteiger partial charge is 0.388 e. The standard InChI is InChI=1S/C18H37NO5/c1-4-7-10-22-14-15(20)18(24-12-9-6-3)16(13-17(19)21)23-11-8-5-2/h15-16,18,20H,4-14H2,1-3H3,(H2,19,21)/t15?,16?,18-/m0/s1. The molecule has 0 aromatic carbocycles. The second kappa shape index (κ2) is 15.8. The van der Waals surface area contributed by atoms with Crippen LogP contribution < -0.4 is 5.73 Å². The first-order chi connectivity index (χ1) is 11.6. The van der Waals surface area contributed by atoms with Crippen LogP contribution in [0.2, 0.25) is 0 Å². The minimum absolute atomic E-state index is 0.0343. The Morgan fingerprint density at radius 2 is 1.50 bits per heavy atom. The minimum atomic E-state index is -0.843. The zero-order valence-electron chi connectivity index (χ0n) is 15.7. The maximum Gasteiger partial charge on any atom is 0.220 e. The Bertz CT molecular complexity index is 301. The van der Waals surface area contributed by atoms with Gasteiger partial charge in [-0.1, -0.05) is 40.0 Å². The van der Waals surface area contributed by atoms with E-state index in [0.717, 1.165) is 38.5 Å². The normalized spacial score (nSPS) is 15.2. The molecule has 6 heteroatoms. The van der Waals surface area contributed by atoms with Crippen molar-refractivity contribution >= 4 is 5.91 Å². The van der Waals surface area contributed by atoms with Crippen LogP contribution >= 0.6 is 0 Å². The molecule has 0 spiro atoms. The summed E-state index contributed by atoms with van der Waals surface area (Å²) in [6.45, 7) is 8.03. The summed E-state index contributed by atoms with van der Waals surface area (Å²) in [5.74, 6) is -0.459. The minimum Gasteiger partial charge on any atom is -0.388 e. The first kappa shape index (κ1) is 23.3. The number of amides is 1. The Labute approximate surface area is 147 Å². The number of ether oxygens (including phenoxy) is 3. The molecule has 2 unspecified atom stereocenters. The molecule has 24 heavy (non-hydrogen) atoms. The second-order valence-electron chi connectivity index (χ2n) is 6.12. The number of hydrogen-bond acceptors (Lipinski definition) is 5. The number of carbonyl (C=O) groups is 1. The van der Waals surface area contributed by atoms with Crippen molar-refractivity contribution in [3.05, 3.63) is 0 Å². The number of primary amides is 1. The molecule has 0 aromatic heterocycles. The van der Waals surface area contributed by atoms with Crippen molar-refractivity contribution in [2.24, 2.45) is 5.73 Å². The van der Waals surface area contributed by atoms with Gasteiger partial charge in [-0.15, -0.1) is 0 Å². The number of aliphatic hydroxyl groups excluding tert-OH is 1. The fraction of sp³-hybridized carbons (Fsp3) is 0.944. The van der Waals surface area contributed by atoms with Crippen molar-refractivity contribution in [3.8, 4) is 0 Å². The van der Waals surface area contributed by atoms with Crippen LogP contribution in [-0.4, -0.2) is 55.8 Å². The summed E-state index contributed by atoms with van der Waals surface area (Å²) in [6, 6.07) is 0. The van der Waals surface area contributed by atoms with Crippen molar-refractivity contribution in [1.29, 1.82) is 0 Å². The van der Waals surface area contributed by atoms with Crippen molar-refractivity contribution < 1.29 is 24.1 Å². The Kier molecular flexibility index (Phi) is 15.4. The predicted octanol–water partition coefficient (Wildman–Crippen LogP) is 2.41. The van der Waals surface area contributed by atoms with Gasteiger partial charge < -0.3 is 25.1 Å². The molecule has 0 bridgehead atoms. The second-order valence-corrected chi connectivity index (χ2v) is 6.12. The van der Waals surface area contributed by atoms with Gasteiger partial charge in [0.05, 0.1) is 19.1 Å². The maximum absolute atomic E-state index is 11.4. The van der Waals surface area contributed by atoms with Crippen LogP contribution in [0.5, 0.6) is 0 Å². The molecule has 0 saturated heterocycles. The third-order valence-electron chi connectivity index (χ3n) is 3.72. The quantitative estimate of drug-likeness (QED) is 0.394. The third kappa shape index (κ3) is 11.8. The van der Waals surface area contributed by atoms with E-state index in [0.29, 0.717) is 19.8 Å². The van der Waals surface area contributed by atoms with E-state index in [1.54, 1.807) is 0 Å². The number of unbranched alkanes of at least 4 members (excludes halogenated alkanes) is 3. The zero-order valence-corrected chi connectivity index (χ0v) is 15.7. The van der Waals surface area contributed by atoms with Gasteiger partial charge in [-0.25, -0.2) is 0 Å². The molecule has 3 atom stereocenters. The molecule has 0 fully saturated rings. The molecular weight excluding hydrogens is 310 g/mol. The Morgan fingerprint density at radius 1 is 0.958 bits per heavy atom. The summed E-state index contributed by atoms with van der Waals surface area (Å²) >= 11 is 0. The van der Waals surface area contributed by atoms with E-state index in [1.165, 1.54) is 0 Å². The van der Waals surface area contributed by atoms with Crippen LogP contribution in [0, 0.1) is 0 Å². The number of rotatable bonds is 17. The topological polar surface area (TPSA) is 91.0 Å². The average Bonchev–Trinajstić information content (AvgIpc) is 2.54. The SMILES string of the molecule is CCCCOCC(O)[C@H](OCCCC)C(CC(N)=O)OCCCC. The molecule has 1 amide bonds. The lowest BCUT2D eigenvalue weighted by molar-refractivity contribution is -0.147. The molecule has 0 aliphatic heterocycles. The van der Waals surface area contributed by atoms with Gasteiger partial charge in [0.1, 0.15) is 12.2 Å². The maximum atomic E-state index is 11.4. The average molecular weight is 347 g/mol. The highest BCUT2D eigenvalue weighted by Crippen LogP contribution is 2.15. The summed E-state index contributed by atoms with van der Waals surface area (Å²) in [5, 5.41) is 10.5. The lowest BCUT2D eigenvalue weighted by Crippen LogP contribution is -2.45. The molecule has 0 aromatic rings. The number of hydrogen-bond donors (Lipinski definition) is 2. The Morgan fingerprint density at radius 3 is 2.04 bits per heavy atom. The van der Waals surface area contributed by atoms with Gasteiger partial charge in [0.25, 0.3) is 0 Å². The van der Waals surface area contributed by atoms with E-state index in [-0.39, 0.29) is 13.0 Å². The Hall–Kier alpha value is -0.690. The number of nitrogens with two attached hydrogens (primary N) is 1. The zero-order chi connectivity index (χ0) is 18.2. The fourth-order valence-corrected chi connectivity index (χ4v) is 2.22. The van der Waals surface area contributed by atoms with Gasteiger partial charge >= 0.3 is 0 Å². The molecule has 0 heterocycles. The molecular formula is C18H37NO5. The van der Waals surface area contributed by atoms with Crippen LogP contribution in [0.25, 0.3) is 0 Å². The fourth-order valence-electron chi connectivity index (χ4n) is 2.22. The van der Waals surface area contributed by atoms with E-state index in [1.807, 2.05) is 0 Å². The molecule has 144 valence electrons. The van der Waals surface area contributed by atoms with E-state index in [9.17, 15) is 9.90 Å². The number of aliphatic hydroxyl groups is 1. The molecule has 0 aliphatic rings. The van der Waals surface area contributed by atoms with E-state index >= 15 is 0 Å². The molecule has 0 aliphatic carbocycles. The monoisotopic (exact) mass is 347 g/mol. The first-order valence-corrected chi connectivity index (χ1v) is 9.34. The van der Waals surface area contributed by atoms with Gasteiger partial charge in [-0.3, -0.25) is 4.79 Å². The van der Waals surface area contributed by atoms with E-state index in [4.69, 9.17) is 19.9 Å². The lowest BCUT2D eigenvalue weighted by atomic mass is 10.0. The molecule has 3 N–H and O–H groups in total. The molecule has 0 rings (SSSR count). The van der Waals surface area contributed by atoms with Crippen molar-refractivity contribution in [1.82, 2.24) is 0 Å². The van der Waals surface area contributed by atoms with Gasteiger partial charge in [0.15, 0.2) is 0 Å². The van der Waals surface area contributed by atoms with Crippen LogP contribution in [0.3, 0.4) is 0 Å². The summed E-state index contributed by atoms with van der Waals surface area (Å²) in [5.41, 5.74) is 5.34. The van der Waals surface area contributed by atoms with Gasteiger partial charge in [-0.05, 0) is 19.3 Å². The third-order valence-corrected chi connectivity index (χ3v) is 3.72. The van der Waals surface area contributed by atoms with Gasteiger partial charge in [-0.2, -0.15) is 0 Å². The first-order valence-electron chi connectivity index (χ1n) is 9.34. The number of carbonyl (C=O) groups excluding carboxylic acids is 1. The molecule has 6 nitrogen and oxygen atoms in total. The summed E-state index contributed by atoms with van der Waals surface area (Å²) in [6.07, 6.45) is 3.79. The summed E-state index contributed by atoms with van der Waals surface area (Å²) in [7, 11) is 0. The van der Waals surface area contributed by atoms with Crippen LogP contribution in [0.15, 0.2) is 0 Å². The highest BCUT2D eigenvalue weighted by Gasteiger charge is 2.31. The van der Waals surface area contributed by atoms with Gasteiger partial charge in [0.2, 0.25) is 5.91 Å². The summed E-state index contributed by atoms with van der Waals surface area (Å²) in [4.78, 5) is 11.4. The van der Waals surface area contributed by atoms with Crippen LogP contribution in [-0.2, 0) is 19.0 Å². The smallest absolute Gasteiger partial charge is 0.220 e. The summed E-state index contributed by atoms with van der Waals surface area (Å²) < 4.78 is 17.1. The van der Waals surface area contributed by atoms with E-state index in [2.05, 4.69) is 20.8 Å². The molecule has 0 saturated carbocycles. The lowest BCUT2D eigenvalue weighted by Gasteiger charge is -2.30. The van der Waals surface area contributed by atoms with Crippen LogP contribution in [0.4, 0.5) is 0 Å². The van der Waals surface area contributed by atoms with Crippen molar-refractivity contribution in [3.63, 3.8) is 0 Å². The van der Waals surface area contributed by atoms with Crippen LogP contribution in [0.1, 0.15) is 65.7 Å². The predicted molar refractivity (Wildman–Crippen MR) is 94.8 cm³/mol. The van der Waals surface area contributed by atoms with Gasteiger partial charge in [0, 0.05) is 19.8 Å². The van der Waals surface area contributed by atoms with Crippen molar-refractivity contribution in [2.45, 2.75) is 84.0 Å². The highest BCUT2D eigenvalue weighted by atomic mass is 16.6. The Balaban J connectivity index is 4.73. The van der Waals surface area contributed by atoms with Crippen molar-refractivity contribution in [2.75, 3.05) is 26.4 Å².